The topological polar surface area (TPSA) is 24.5 Å². The van der Waals surface area contributed by atoms with E-state index in [4.69, 9.17) is 4.74 Å². The average Bonchev–Trinajstić information content (AvgIpc) is 3.19. The SMILES string of the molecule is CCOc1ccc(N2CC(C)NCC3(CC3)C2)cc1. The first-order valence-corrected chi connectivity index (χ1v) is 7.42. The number of hydrogen-bond acceptors (Lipinski definition) is 3. The minimum atomic E-state index is 0.545. The molecule has 1 aliphatic heterocycles. The van der Waals surface area contributed by atoms with Crippen LogP contribution in [0.5, 0.6) is 5.75 Å². The minimum absolute atomic E-state index is 0.545. The Labute approximate surface area is 115 Å². The van der Waals surface area contributed by atoms with Gasteiger partial charge >= 0.3 is 0 Å². The number of ether oxygens (including phenoxy) is 1. The van der Waals surface area contributed by atoms with Crippen LogP contribution in [0.3, 0.4) is 0 Å². The summed E-state index contributed by atoms with van der Waals surface area (Å²) in [5.41, 5.74) is 1.87. The Morgan fingerprint density at radius 2 is 2.05 bits per heavy atom. The lowest BCUT2D eigenvalue weighted by atomic mass is 10.1. The fourth-order valence-electron chi connectivity index (χ4n) is 2.94. The number of anilines is 1. The fraction of sp³-hybridized carbons (Fsp3) is 0.625. The Hall–Kier alpha value is -1.22. The molecule has 104 valence electrons. The lowest BCUT2D eigenvalue weighted by Crippen LogP contribution is -2.35. The lowest BCUT2D eigenvalue weighted by molar-refractivity contribution is 0.340. The average molecular weight is 260 g/mol. The summed E-state index contributed by atoms with van der Waals surface area (Å²) in [6.07, 6.45) is 2.75. The number of rotatable bonds is 3. The van der Waals surface area contributed by atoms with E-state index in [1.165, 1.54) is 31.6 Å². The highest BCUT2D eigenvalue weighted by Crippen LogP contribution is 2.47. The highest BCUT2D eigenvalue weighted by Gasteiger charge is 2.45. The standard InChI is InChI=1S/C16H24N2O/c1-3-19-15-6-4-14(5-7-15)18-10-13(2)17-11-16(12-18)8-9-16/h4-7,13,17H,3,8-12H2,1-2H3. The summed E-state index contributed by atoms with van der Waals surface area (Å²) in [6.45, 7) is 8.50. The van der Waals surface area contributed by atoms with Gasteiger partial charge in [0.25, 0.3) is 0 Å². The van der Waals surface area contributed by atoms with Crippen molar-refractivity contribution in [2.24, 2.45) is 5.41 Å². The van der Waals surface area contributed by atoms with Gasteiger partial charge in [-0.15, -0.1) is 0 Å². The zero-order chi connectivity index (χ0) is 13.3. The molecule has 1 saturated carbocycles. The van der Waals surface area contributed by atoms with E-state index in [0.29, 0.717) is 11.5 Å². The van der Waals surface area contributed by atoms with Gasteiger partial charge in [-0.05, 0) is 51.0 Å². The van der Waals surface area contributed by atoms with E-state index in [1.807, 2.05) is 6.92 Å². The molecule has 0 aromatic heterocycles. The Kier molecular flexibility index (Phi) is 3.40. The van der Waals surface area contributed by atoms with Gasteiger partial charge in [0.15, 0.2) is 0 Å². The third kappa shape index (κ3) is 2.86. The van der Waals surface area contributed by atoms with Gasteiger partial charge in [0, 0.05) is 36.8 Å². The zero-order valence-electron chi connectivity index (χ0n) is 12.0. The molecule has 19 heavy (non-hydrogen) atoms. The van der Waals surface area contributed by atoms with Crippen molar-refractivity contribution in [1.82, 2.24) is 5.32 Å². The number of hydrogen-bond donors (Lipinski definition) is 1. The first-order valence-electron chi connectivity index (χ1n) is 7.42. The van der Waals surface area contributed by atoms with Crippen LogP contribution in [0.2, 0.25) is 0 Å². The Bertz CT molecular complexity index is 425. The van der Waals surface area contributed by atoms with Crippen molar-refractivity contribution in [3.8, 4) is 5.75 Å². The van der Waals surface area contributed by atoms with E-state index in [9.17, 15) is 0 Å². The molecule has 0 bridgehead atoms. The summed E-state index contributed by atoms with van der Waals surface area (Å²) in [7, 11) is 0. The maximum Gasteiger partial charge on any atom is 0.119 e. The van der Waals surface area contributed by atoms with Crippen LogP contribution >= 0.6 is 0 Å². The second-order valence-corrected chi connectivity index (χ2v) is 6.09. The van der Waals surface area contributed by atoms with Crippen LogP contribution in [0.1, 0.15) is 26.7 Å². The molecule has 1 unspecified atom stereocenters. The number of benzene rings is 1. The summed E-state index contributed by atoms with van der Waals surface area (Å²) < 4.78 is 5.52. The van der Waals surface area contributed by atoms with Gasteiger partial charge in [0.1, 0.15) is 5.75 Å². The van der Waals surface area contributed by atoms with Gasteiger partial charge in [0.05, 0.1) is 6.61 Å². The third-order valence-corrected chi connectivity index (χ3v) is 4.32. The fourth-order valence-corrected chi connectivity index (χ4v) is 2.94. The molecule has 1 aliphatic carbocycles. The maximum absolute atomic E-state index is 5.52. The van der Waals surface area contributed by atoms with Crippen molar-refractivity contribution >= 4 is 5.69 Å². The smallest absolute Gasteiger partial charge is 0.119 e. The highest BCUT2D eigenvalue weighted by atomic mass is 16.5. The minimum Gasteiger partial charge on any atom is -0.494 e. The molecule has 3 nitrogen and oxygen atoms in total. The highest BCUT2D eigenvalue weighted by molar-refractivity contribution is 5.50. The van der Waals surface area contributed by atoms with E-state index in [2.05, 4.69) is 41.4 Å². The molecule has 1 aromatic rings. The molecule has 0 radical (unpaired) electrons. The van der Waals surface area contributed by atoms with E-state index in [0.717, 1.165) is 18.9 Å². The van der Waals surface area contributed by atoms with Crippen molar-refractivity contribution in [3.63, 3.8) is 0 Å². The van der Waals surface area contributed by atoms with E-state index >= 15 is 0 Å². The van der Waals surface area contributed by atoms with Gasteiger partial charge in [-0.3, -0.25) is 0 Å². The summed E-state index contributed by atoms with van der Waals surface area (Å²) in [5.74, 6) is 0.966. The summed E-state index contributed by atoms with van der Waals surface area (Å²) >= 11 is 0. The molecule has 3 heteroatoms. The molecule has 1 atom stereocenters. The Morgan fingerprint density at radius 3 is 2.68 bits per heavy atom. The van der Waals surface area contributed by atoms with Gasteiger partial charge in [-0.2, -0.15) is 0 Å². The van der Waals surface area contributed by atoms with Crippen LogP contribution in [0.4, 0.5) is 5.69 Å². The third-order valence-electron chi connectivity index (χ3n) is 4.32. The van der Waals surface area contributed by atoms with E-state index in [1.54, 1.807) is 0 Å². The lowest BCUT2D eigenvalue weighted by Gasteiger charge is -2.27. The predicted molar refractivity (Wildman–Crippen MR) is 79.0 cm³/mol. The quantitative estimate of drug-likeness (QED) is 0.904. The molecule has 3 rings (SSSR count). The molecule has 2 fully saturated rings. The van der Waals surface area contributed by atoms with Gasteiger partial charge in [0.2, 0.25) is 0 Å². The van der Waals surface area contributed by atoms with Crippen molar-refractivity contribution in [1.29, 1.82) is 0 Å². The second kappa shape index (κ2) is 5.04. The molecule has 1 heterocycles. The van der Waals surface area contributed by atoms with Crippen LogP contribution in [-0.4, -0.2) is 32.3 Å². The predicted octanol–water partition coefficient (Wildman–Crippen LogP) is 2.66. The van der Waals surface area contributed by atoms with Gasteiger partial charge in [-0.25, -0.2) is 0 Å². The first kappa shape index (κ1) is 12.8. The van der Waals surface area contributed by atoms with Crippen molar-refractivity contribution in [3.05, 3.63) is 24.3 Å². The largest absolute Gasteiger partial charge is 0.494 e. The Morgan fingerprint density at radius 1 is 1.32 bits per heavy atom. The number of nitrogens with zero attached hydrogens (tertiary/aromatic N) is 1. The molecule has 1 aromatic carbocycles. The monoisotopic (exact) mass is 260 g/mol. The van der Waals surface area contributed by atoms with Gasteiger partial charge < -0.3 is 15.0 Å². The first-order chi connectivity index (χ1) is 9.21. The molecule has 1 spiro atoms. The summed E-state index contributed by atoms with van der Waals surface area (Å²) in [6, 6.07) is 9.12. The molecule has 2 aliphatic rings. The Balaban J connectivity index is 1.75. The zero-order valence-corrected chi connectivity index (χ0v) is 12.0. The van der Waals surface area contributed by atoms with E-state index in [-0.39, 0.29) is 0 Å². The summed E-state index contributed by atoms with van der Waals surface area (Å²) in [5, 5.41) is 3.66. The molecule has 1 saturated heterocycles. The van der Waals surface area contributed by atoms with Gasteiger partial charge in [-0.1, -0.05) is 0 Å². The van der Waals surface area contributed by atoms with Crippen LogP contribution < -0.4 is 15.0 Å². The maximum atomic E-state index is 5.52. The summed E-state index contributed by atoms with van der Waals surface area (Å²) in [4.78, 5) is 2.54. The van der Waals surface area contributed by atoms with Crippen LogP contribution in [-0.2, 0) is 0 Å². The molecular weight excluding hydrogens is 236 g/mol. The normalized spacial score (nSPS) is 25.2. The molecule has 1 N–H and O–H groups in total. The number of nitrogens with one attached hydrogen (secondary N) is 1. The molecule has 0 amide bonds. The van der Waals surface area contributed by atoms with Crippen molar-refractivity contribution < 1.29 is 4.74 Å². The van der Waals surface area contributed by atoms with E-state index < -0.39 is 0 Å². The van der Waals surface area contributed by atoms with Crippen molar-refractivity contribution in [2.45, 2.75) is 32.7 Å². The van der Waals surface area contributed by atoms with Crippen LogP contribution in [0.25, 0.3) is 0 Å². The van der Waals surface area contributed by atoms with Crippen molar-refractivity contribution in [2.75, 3.05) is 31.1 Å². The van der Waals surface area contributed by atoms with Crippen LogP contribution in [0.15, 0.2) is 24.3 Å². The molecular formula is C16H24N2O. The second-order valence-electron chi connectivity index (χ2n) is 6.09. The van der Waals surface area contributed by atoms with Crippen LogP contribution in [0, 0.1) is 5.41 Å².